The van der Waals surface area contributed by atoms with Crippen LogP contribution in [0.2, 0.25) is 0 Å². The van der Waals surface area contributed by atoms with Crippen LogP contribution in [0.1, 0.15) is 29.3 Å². The normalized spacial score (nSPS) is 37.4. The number of phenols is 1. The van der Waals surface area contributed by atoms with Crippen molar-refractivity contribution in [2.45, 2.75) is 31.1 Å². The van der Waals surface area contributed by atoms with Gasteiger partial charge in [0.1, 0.15) is 17.1 Å². The highest BCUT2D eigenvalue weighted by atomic mass is 16.3. The van der Waals surface area contributed by atoms with Crippen LogP contribution in [-0.4, -0.2) is 69.0 Å². The summed E-state index contributed by atoms with van der Waals surface area (Å²) in [6, 6.07) is 3.60. The number of hydrogen-bond acceptors (Lipinski definition) is 8. The number of rotatable bonds is 2. The lowest BCUT2D eigenvalue weighted by molar-refractivity contribution is -0.151. The Morgan fingerprint density at radius 2 is 1.81 bits per heavy atom. The number of benzene rings is 1. The summed E-state index contributed by atoms with van der Waals surface area (Å²) in [5.41, 5.74) is 3.37. The highest BCUT2D eigenvalue weighted by Gasteiger charge is 2.62. The maximum atomic E-state index is 13.3. The first-order valence-corrected chi connectivity index (χ1v) is 10.1. The minimum atomic E-state index is -1.58. The molecule has 0 radical (unpaired) electrons. The van der Waals surface area contributed by atoms with Crippen molar-refractivity contribution in [1.29, 1.82) is 0 Å². The first-order chi connectivity index (χ1) is 14.4. The lowest BCUT2D eigenvalue weighted by atomic mass is 9.52. The van der Waals surface area contributed by atoms with E-state index in [4.69, 9.17) is 5.73 Å². The van der Waals surface area contributed by atoms with Gasteiger partial charge in [-0.3, -0.25) is 19.3 Å². The fourth-order valence-electron chi connectivity index (χ4n) is 6.00. The third kappa shape index (κ3) is 2.77. The Labute approximate surface area is 178 Å². The van der Waals surface area contributed by atoms with Gasteiger partial charge in [-0.05, 0) is 45.0 Å². The molecule has 1 aromatic rings. The van der Waals surface area contributed by atoms with E-state index in [9.17, 15) is 34.8 Å². The van der Waals surface area contributed by atoms with Crippen LogP contribution >= 0.6 is 0 Å². The number of aliphatic hydroxyl groups is 3. The number of aliphatic hydroxyl groups excluding tert-OH is 2. The quantitative estimate of drug-likeness (QED) is 0.404. The standard InChI is InChI=1S/C22H26N2O7/c1-22(31)9-5-4-6-11(25)13(9)19(28)14-10(22)7-8-12(17(14)26)18(27)15(21(23)30)20(29)16(8)24(2)3/h4-6,8,10,12,14,16-17,25-26,29,31H,7H2,1-3H3,(H2,23,30)/t8?,10?,12-,14?,16+,17?,22-/m1/s1. The van der Waals surface area contributed by atoms with E-state index in [0.29, 0.717) is 0 Å². The third-order valence-electron chi connectivity index (χ3n) is 7.31. The largest absolute Gasteiger partial charge is 0.510 e. The molecule has 4 unspecified atom stereocenters. The lowest BCUT2D eigenvalue weighted by Gasteiger charge is -2.54. The van der Waals surface area contributed by atoms with Crippen molar-refractivity contribution >= 4 is 17.5 Å². The van der Waals surface area contributed by atoms with Gasteiger partial charge in [-0.2, -0.15) is 0 Å². The van der Waals surface area contributed by atoms with E-state index in [0.717, 1.165) is 0 Å². The molecule has 1 saturated carbocycles. The Kier molecular flexibility index (Phi) is 4.77. The second-order valence-corrected chi connectivity index (χ2v) is 9.16. The van der Waals surface area contributed by atoms with Crippen molar-refractivity contribution in [3.05, 3.63) is 40.7 Å². The van der Waals surface area contributed by atoms with E-state index in [1.54, 1.807) is 25.1 Å². The zero-order valence-corrected chi connectivity index (χ0v) is 17.4. The van der Waals surface area contributed by atoms with Crippen LogP contribution in [0.3, 0.4) is 0 Å². The average Bonchev–Trinajstić information content (AvgIpc) is 2.65. The molecule has 3 aliphatic carbocycles. The number of hydrogen-bond donors (Lipinski definition) is 5. The van der Waals surface area contributed by atoms with E-state index < -0.39 is 70.2 Å². The summed E-state index contributed by atoms with van der Waals surface area (Å²) in [7, 11) is 3.31. The van der Waals surface area contributed by atoms with Crippen LogP contribution in [0.5, 0.6) is 5.75 Å². The highest BCUT2D eigenvalue weighted by Crippen LogP contribution is 2.55. The molecule has 0 saturated heterocycles. The van der Waals surface area contributed by atoms with Gasteiger partial charge < -0.3 is 26.2 Å². The van der Waals surface area contributed by atoms with E-state index in [1.807, 2.05) is 0 Å². The van der Waals surface area contributed by atoms with Crippen LogP contribution in [0.15, 0.2) is 29.5 Å². The second kappa shape index (κ2) is 6.88. The van der Waals surface area contributed by atoms with Crippen molar-refractivity contribution in [2.75, 3.05) is 14.1 Å². The van der Waals surface area contributed by atoms with E-state index in [1.165, 1.54) is 19.1 Å². The van der Waals surface area contributed by atoms with Crippen LogP contribution in [-0.2, 0) is 15.2 Å². The topological polar surface area (TPSA) is 161 Å². The predicted molar refractivity (Wildman–Crippen MR) is 108 cm³/mol. The van der Waals surface area contributed by atoms with E-state index >= 15 is 0 Å². The van der Waals surface area contributed by atoms with E-state index in [2.05, 4.69) is 0 Å². The Morgan fingerprint density at radius 3 is 2.39 bits per heavy atom. The van der Waals surface area contributed by atoms with Gasteiger partial charge in [-0.15, -0.1) is 0 Å². The third-order valence-corrected chi connectivity index (χ3v) is 7.31. The predicted octanol–water partition coefficient (Wildman–Crippen LogP) is -0.164. The molecule has 1 amide bonds. The van der Waals surface area contributed by atoms with Gasteiger partial charge in [-0.25, -0.2) is 0 Å². The second-order valence-electron chi connectivity index (χ2n) is 9.16. The molecule has 31 heavy (non-hydrogen) atoms. The van der Waals surface area contributed by atoms with E-state index in [-0.39, 0.29) is 23.3 Å². The van der Waals surface area contributed by atoms with Crippen molar-refractivity contribution in [2.24, 2.45) is 29.4 Å². The average molecular weight is 430 g/mol. The number of amides is 1. The van der Waals surface area contributed by atoms with Crippen molar-refractivity contribution in [3.8, 4) is 5.75 Å². The first kappa shape index (κ1) is 21.5. The maximum Gasteiger partial charge on any atom is 0.255 e. The number of aromatic hydroxyl groups is 1. The molecule has 6 N–H and O–H groups in total. The minimum Gasteiger partial charge on any atom is -0.510 e. The molecule has 9 nitrogen and oxygen atoms in total. The number of carbonyl (C=O) groups is 3. The number of likely N-dealkylation sites (N-methyl/N-ethyl adjacent to an activating group) is 1. The number of carbonyl (C=O) groups excluding carboxylic acids is 3. The van der Waals surface area contributed by atoms with Gasteiger partial charge in [0.15, 0.2) is 11.6 Å². The molecule has 4 rings (SSSR count). The Hall–Kier alpha value is -2.75. The molecular weight excluding hydrogens is 404 g/mol. The maximum absolute atomic E-state index is 13.3. The van der Waals surface area contributed by atoms with Crippen LogP contribution in [0.25, 0.3) is 0 Å². The lowest BCUT2D eigenvalue weighted by Crippen LogP contribution is -2.63. The Balaban J connectivity index is 1.91. The number of nitrogens with zero attached hydrogens (tertiary/aromatic N) is 1. The molecule has 3 aliphatic rings. The molecule has 1 fully saturated rings. The van der Waals surface area contributed by atoms with Gasteiger partial charge in [0.25, 0.3) is 5.91 Å². The minimum absolute atomic E-state index is 0.0767. The molecule has 0 bridgehead atoms. The molecule has 166 valence electrons. The molecule has 0 aromatic heterocycles. The number of nitrogens with two attached hydrogens (primary N) is 1. The van der Waals surface area contributed by atoms with Gasteiger partial charge in [-0.1, -0.05) is 12.1 Å². The smallest absolute Gasteiger partial charge is 0.255 e. The summed E-state index contributed by atoms with van der Waals surface area (Å²) in [6.45, 7) is 1.52. The van der Waals surface area contributed by atoms with Crippen molar-refractivity contribution in [1.82, 2.24) is 4.90 Å². The number of ketones is 2. The van der Waals surface area contributed by atoms with Crippen molar-refractivity contribution in [3.63, 3.8) is 0 Å². The molecule has 0 heterocycles. The van der Waals surface area contributed by atoms with Crippen LogP contribution in [0.4, 0.5) is 0 Å². The van der Waals surface area contributed by atoms with Gasteiger partial charge >= 0.3 is 0 Å². The Bertz CT molecular complexity index is 1030. The van der Waals surface area contributed by atoms with Gasteiger partial charge in [0, 0.05) is 5.92 Å². The zero-order chi connectivity index (χ0) is 23.0. The van der Waals surface area contributed by atoms with Gasteiger partial charge in [0.2, 0.25) is 0 Å². The SMILES string of the molecule is CN(C)[C@@H]1C(O)=C(C(N)=O)C(=O)[C@H]2C(O)C3C(=O)c4c(O)cccc4[C@@](C)(O)C3CC21. The fourth-order valence-corrected chi connectivity index (χ4v) is 6.00. The molecule has 1 aromatic carbocycles. The fraction of sp³-hybridized carbons (Fsp3) is 0.500. The monoisotopic (exact) mass is 430 g/mol. The number of phenolic OH excluding ortho intramolecular Hbond substituents is 1. The molecular formula is C22H26N2O7. The van der Waals surface area contributed by atoms with Crippen LogP contribution in [0, 0.1) is 23.7 Å². The summed E-state index contributed by atoms with van der Waals surface area (Å²) in [5.74, 6) is -7.03. The summed E-state index contributed by atoms with van der Waals surface area (Å²) in [6.07, 6.45) is -1.40. The van der Waals surface area contributed by atoms with Crippen LogP contribution < -0.4 is 5.73 Å². The first-order valence-electron chi connectivity index (χ1n) is 10.1. The summed E-state index contributed by atoms with van der Waals surface area (Å²) in [4.78, 5) is 40.0. The summed E-state index contributed by atoms with van der Waals surface area (Å²) >= 11 is 0. The zero-order valence-electron chi connectivity index (χ0n) is 17.4. The molecule has 0 spiro atoms. The number of primary amides is 1. The molecule has 7 atom stereocenters. The highest BCUT2D eigenvalue weighted by molar-refractivity contribution is 6.21. The van der Waals surface area contributed by atoms with Crippen molar-refractivity contribution < 1.29 is 34.8 Å². The number of fused-ring (bicyclic) bond motifs is 3. The summed E-state index contributed by atoms with van der Waals surface area (Å²) in [5, 5.41) is 43.7. The molecule has 9 heteroatoms. The summed E-state index contributed by atoms with van der Waals surface area (Å²) < 4.78 is 0. The molecule has 0 aliphatic heterocycles. The Morgan fingerprint density at radius 1 is 1.16 bits per heavy atom. The number of Topliss-reactive ketones (excluding diaryl/α,β-unsaturated/α-hetero) is 2. The van der Waals surface area contributed by atoms with Gasteiger partial charge in [0.05, 0.1) is 35.1 Å².